The number of aryl methyl sites for hydroxylation is 1. The molecule has 0 radical (unpaired) electrons. The highest BCUT2D eigenvalue weighted by molar-refractivity contribution is 7.84. The third-order valence-electron chi connectivity index (χ3n) is 4.46. The summed E-state index contributed by atoms with van der Waals surface area (Å²) < 4.78 is 16.7. The van der Waals surface area contributed by atoms with Crippen LogP contribution in [-0.4, -0.2) is 28.8 Å². The standard InChI is InChI=1S/C19H20O4S2/c1-4-23-19(21)15-10-9-14-16(11(2)24-18(14)15)17(20)12-5-7-13(8-6-12)25(3)22/h5-8,15H,4,9-10H2,1-3H3. The minimum absolute atomic E-state index is 0.0343. The highest BCUT2D eigenvalue weighted by atomic mass is 32.2. The molecule has 0 spiro atoms. The van der Waals surface area contributed by atoms with Crippen molar-refractivity contribution in [1.29, 1.82) is 0 Å². The van der Waals surface area contributed by atoms with Gasteiger partial charge in [0.1, 0.15) is 0 Å². The first kappa shape index (κ1) is 18.0. The number of fused-ring (bicyclic) bond motifs is 1. The number of carbonyl (C=O) groups is 2. The Balaban J connectivity index is 1.94. The number of thiophene rings is 1. The highest BCUT2D eigenvalue weighted by Gasteiger charge is 2.36. The lowest BCUT2D eigenvalue weighted by atomic mass is 9.99. The van der Waals surface area contributed by atoms with E-state index in [0.29, 0.717) is 23.5 Å². The van der Waals surface area contributed by atoms with Crippen LogP contribution in [0.5, 0.6) is 0 Å². The Bertz CT molecular complexity index is 849. The molecule has 1 aliphatic rings. The van der Waals surface area contributed by atoms with Gasteiger partial charge in [0.2, 0.25) is 0 Å². The van der Waals surface area contributed by atoms with Crippen molar-refractivity contribution in [1.82, 2.24) is 0 Å². The highest BCUT2D eigenvalue weighted by Crippen LogP contribution is 2.43. The molecule has 0 amide bonds. The monoisotopic (exact) mass is 376 g/mol. The summed E-state index contributed by atoms with van der Waals surface area (Å²) in [5.74, 6) is -0.477. The predicted molar refractivity (Wildman–Crippen MR) is 99.0 cm³/mol. The lowest BCUT2D eigenvalue weighted by Crippen LogP contribution is -2.12. The molecule has 0 aliphatic heterocycles. The van der Waals surface area contributed by atoms with E-state index in [1.165, 1.54) is 11.3 Å². The largest absolute Gasteiger partial charge is 0.465 e. The van der Waals surface area contributed by atoms with Crippen molar-refractivity contribution in [2.75, 3.05) is 12.9 Å². The van der Waals surface area contributed by atoms with Crippen molar-refractivity contribution in [3.05, 3.63) is 50.7 Å². The normalized spacial score (nSPS) is 17.2. The molecule has 0 saturated carbocycles. The second-order valence-corrected chi connectivity index (χ2v) is 8.66. The summed E-state index contributed by atoms with van der Waals surface area (Å²) in [6.45, 7) is 4.09. The fourth-order valence-electron chi connectivity index (χ4n) is 3.27. The number of rotatable bonds is 5. The van der Waals surface area contributed by atoms with Crippen molar-refractivity contribution in [3.8, 4) is 0 Å². The maximum Gasteiger partial charge on any atom is 0.314 e. The third-order valence-corrected chi connectivity index (χ3v) is 6.66. The molecule has 1 aliphatic carbocycles. The van der Waals surface area contributed by atoms with E-state index in [2.05, 4.69) is 0 Å². The third kappa shape index (κ3) is 3.33. The van der Waals surface area contributed by atoms with Crippen LogP contribution in [0.15, 0.2) is 29.2 Å². The maximum atomic E-state index is 13.0. The molecule has 4 nitrogen and oxygen atoms in total. The van der Waals surface area contributed by atoms with Gasteiger partial charge in [-0.2, -0.15) is 0 Å². The van der Waals surface area contributed by atoms with Crippen molar-refractivity contribution in [3.63, 3.8) is 0 Å². The van der Waals surface area contributed by atoms with Crippen molar-refractivity contribution < 1.29 is 18.5 Å². The molecule has 2 unspecified atom stereocenters. The molecule has 1 aromatic heterocycles. The van der Waals surface area contributed by atoms with Crippen LogP contribution in [-0.2, 0) is 26.8 Å². The zero-order valence-corrected chi connectivity index (χ0v) is 16.1. The molecule has 0 saturated heterocycles. The summed E-state index contributed by atoms with van der Waals surface area (Å²) in [5, 5.41) is 0. The van der Waals surface area contributed by atoms with Gasteiger partial charge < -0.3 is 4.74 Å². The Morgan fingerprint density at radius 3 is 2.56 bits per heavy atom. The zero-order valence-electron chi connectivity index (χ0n) is 14.5. The molecule has 6 heteroatoms. The average Bonchev–Trinajstić information content (AvgIpc) is 3.12. The number of carbonyl (C=O) groups excluding carboxylic acids is 2. The van der Waals surface area contributed by atoms with Crippen LogP contribution in [0.25, 0.3) is 0 Å². The first-order chi connectivity index (χ1) is 11.9. The number of hydrogen-bond acceptors (Lipinski definition) is 5. The smallest absolute Gasteiger partial charge is 0.314 e. The molecule has 0 bridgehead atoms. The van der Waals surface area contributed by atoms with Crippen molar-refractivity contribution in [2.24, 2.45) is 0 Å². The van der Waals surface area contributed by atoms with Gasteiger partial charge >= 0.3 is 5.97 Å². The van der Waals surface area contributed by atoms with Crippen LogP contribution in [0, 0.1) is 6.92 Å². The summed E-state index contributed by atoms with van der Waals surface area (Å²) in [4.78, 5) is 27.7. The van der Waals surface area contributed by atoms with E-state index in [-0.39, 0.29) is 17.7 Å². The van der Waals surface area contributed by atoms with Crippen molar-refractivity contribution in [2.45, 2.75) is 37.5 Å². The Labute approximate surface area is 153 Å². The zero-order chi connectivity index (χ0) is 18.1. The lowest BCUT2D eigenvalue weighted by Gasteiger charge is -2.07. The lowest BCUT2D eigenvalue weighted by molar-refractivity contribution is -0.144. The summed E-state index contributed by atoms with van der Waals surface area (Å²) in [5.41, 5.74) is 2.29. The van der Waals surface area contributed by atoms with Gasteiger partial charge in [-0.05, 0) is 56.5 Å². The van der Waals surface area contributed by atoms with Gasteiger partial charge in [0.15, 0.2) is 5.78 Å². The second kappa shape index (κ2) is 7.22. The fraction of sp³-hybridized carbons (Fsp3) is 0.368. The molecule has 1 aromatic carbocycles. The van der Waals surface area contributed by atoms with E-state index in [1.54, 1.807) is 37.4 Å². The first-order valence-corrected chi connectivity index (χ1v) is 10.6. The Morgan fingerprint density at radius 2 is 1.96 bits per heavy atom. The molecular formula is C19H20O4S2. The first-order valence-electron chi connectivity index (χ1n) is 8.21. The van der Waals surface area contributed by atoms with E-state index in [4.69, 9.17) is 4.74 Å². The number of hydrogen-bond donors (Lipinski definition) is 0. The van der Waals surface area contributed by atoms with Gasteiger partial charge in [-0.15, -0.1) is 11.3 Å². The van der Waals surface area contributed by atoms with Crippen LogP contribution in [0.4, 0.5) is 0 Å². The molecule has 0 N–H and O–H groups in total. The number of ketones is 1. The molecule has 0 fully saturated rings. The molecule has 1 heterocycles. The quantitative estimate of drug-likeness (QED) is 0.591. The van der Waals surface area contributed by atoms with Gasteiger partial charge in [0, 0.05) is 42.8 Å². The second-order valence-electron chi connectivity index (χ2n) is 6.03. The van der Waals surface area contributed by atoms with Gasteiger partial charge in [-0.25, -0.2) is 0 Å². The topological polar surface area (TPSA) is 60.4 Å². The van der Waals surface area contributed by atoms with Gasteiger partial charge in [-0.3, -0.25) is 13.8 Å². The van der Waals surface area contributed by atoms with E-state index in [0.717, 1.165) is 27.3 Å². The van der Waals surface area contributed by atoms with Crippen LogP contribution >= 0.6 is 11.3 Å². The van der Waals surface area contributed by atoms with Crippen LogP contribution in [0.2, 0.25) is 0 Å². The minimum Gasteiger partial charge on any atom is -0.465 e. The molecule has 3 rings (SSSR count). The molecule has 25 heavy (non-hydrogen) atoms. The molecule has 2 atom stereocenters. The van der Waals surface area contributed by atoms with Gasteiger partial charge in [0.25, 0.3) is 0 Å². The molecule has 132 valence electrons. The van der Waals surface area contributed by atoms with E-state index in [9.17, 15) is 13.8 Å². The molecular weight excluding hydrogens is 356 g/mol. The Hall–Kier alpha value is -1.79. The maximum absolute atomic E-state index is 13.0. The number of benzene rings is 1. The van der Waals surface area contributed by atoms with Gasteiger partial charge in [0.05, 0.1) is 12.5 Å². The fourth-order valence-corrected chi connectivity index (χ4v) is 5.12. The summed E-state index contributed by atoms with van der Waals surface area (Å²) in [7, 11) is -1.06. The number of ether oxygens (including phenoxy) is 1. The SMILES string of the molecule is CCOC(=O)C1CCc2c1sc(C)c2C(=O)c1ccc(S(C)=O)cc1. The predicted octanol–water partition coefficient (Wildman–Crippen LogP) is 3.62. The van der Waals surface area contributed by atoms with E-state index in [1.807, 2.05) is 6.92 Å². The van der Waals surface area contributed by atoms with Crippen molar-refractivity contribution >= 4 is 33.9 Å². The Kier molecular flexibility index (Phi) is 5.20. The molecule has 2 aromatic rings. The summed E-state index contributed by atoms with van der Waals surface area (Å²) >= 11 is 1.53. The van der Waals surface area contributed by atoms with E-state index >= 15 is 0 Å². The Morgan fingerprint density at radius 1 is 1.28 bits per heavy atom. The van der Waals surface area contributed by atoms with Crippen LogP contribution in [0.3, 0.4) is 0 Å². The van der Waals surface area contributed by atoms with Crippen LogP contribution in [0.1, 0.15) is 50.5 Å². The summed E-state index contributed by atoms with van der Waals surface area (Å²) in [6, 6.07) is 6.90. The van der Waals surface area contributed by atoms with Crippen LogP contribution < -0.4 is 0 Å². The average molecular weight is 376 g/mol. The minimum atomic E-state index is -1.06. The summed E-state index contributed by atoms with van der Waals surface area (Å²) in [6.07, 6.45) is 3.04. The number of esters is 1. The van der Waals surface area contributed by atoms with Gasteiger partial charge in [-0.1, -0.05) is 0 Å². The van der Waals surface area contributed by atoms with E-state index < -0.39 is 10.8 Å².